The molecule has 0 saturated carbocycles. The van der Waals surface area contributed by atoms with Gasteiger partial charge in [0.1, 0.15) is 0 Å². The highest BCUT2D eigenvalue weighted by molar-refractivity contribution is 6.33. The molecule has 2 bridgehead atoms. The van der Waals surface area contributed by atoms with Crippen LogP contribution in [0.3, 0.4) is 0 Å². The van der Waals surface area contributed by atoms with Crippen LogP contribution >= 0.6 is 11.6 Å². The molecule has 0 spiro atoms. The summed E-state index contributed by atoms with van der Waals surface area (Å²) in [5.74, 6) is -2.23. The van der Waals surface area contributed by atoms with Crippen LogP contribution < -0.4 is 0 Å². The van der Waals surface area contributed by atoms with Crippen LogP contribution in [0.4, 0.5) is 5.69 Å². The highest BCUT2D eigenvalue weighted by atomic mass is 35.5. The number of rotatable bonds is 3. The molecule has 3 aliphatic carbocycles. The zero-order valence-electron chi connectivity index (χ0n) is 17.1. The summed E-state index contributed by atoms with van der Waals surface area (Å²) in [5.41, 5.74) is 4.42. The molecule has 1 heterocycles. The first-order valence-electron chi connectivity index (χ1n) is 10.5. The number of hydrogen-bond donors (Lipinski definition) is 0. The fraction of sp³-hybridized carbons (Fsp3) is 0.160. The second-order valence-electron chi connectivity index (χ2n) is 8.46. The van der Waals surface area contributed by atoms with Crippen LogP contribution in [0, 0.1) is 22.0 Å². The van der Waals surface area contributed by atoms with Crippen LogP contribution in [0.15, 0.2) is 71.8 Å². The van der Waals surface area contributed by atoms with Crippen LogP contribution in [-0.4, -0.2) is 28.0 Å². The molecule has 3 aromatic carbocycles. The van der Waals surface area contributed by atoms with Gasteiger partial charge in [-0.25, -0.2) is 0 Å². The fourth-order valence-electron chi connectivity index (χ4n) is 5.64. The maximum atomic E-state index is 13.5. The highest BCUT2D eigenvalue weighted by Crippen LogP contribution is 2.60. The average Bonchev–Trinajstić information content (AvgIpc) is 3.08. The first-order chi connectivity index (χ1) is 16.0. The smallest absolute Gasteiger partial charge is 0.270 e. The number of amides is 2. The molecule has 3 aromatic rings. The molecule has 8 heteroatoms. The predicted molar refractivity (Wildman–Crippen MR) is 121 cm³/mol. The van der Waals surface area contributed by atoms with Crippen molar-refractivity contribution in [1.29, 1.82) is 0 Å². The minimum atomic E-state index is -0.541. The van der Waals surface area contributed by atoms with Gasteiger partial charge in [0, 0.05) is 34.6 Å². The van der Waals surface area contributed by atoms with Crippen LogP contribution in [0.5, 0.6) is 0 Å². The molecule has 0 N–H and O–H groups in total. The summed E-state index contributed by atoms with van der Waals surface area (Å²) in [6, 6.07) is 19.9. The Labute approximate surface area is 193 Å². The van der Waals surface area contributed by atoms with Gasteiger partial charge in [-0.05, 0) is 28.3 Å². The quantitative estimate of drug-likeness (QED) is 0.251. The first-order valence-corrected chi connectivity index (χ1v) is 10.9. The van der Waals surface area contributed by atoms with E-state index in [9.17, 15) is 19.7 Å². The third kappa shape index (κ3) is 2.72. The van der Waals surface area contributed by atoms with Crippen molar-refractivity contribution in [2.75, 3.05) is 0 Å². The SMILES string of the molecule is O=C1C2C3c4ccccc4C(c4ccccc43)C2C(=O)N1/N=C/c1cc([N+](=O)[O-])ccc1Cl. The molecule has 33 heavy (non-hydrogen) atoms. The van der Waals surface area contributed by atoms with E-state index >= 15 is 0 Å². The summed E-state index contributed by atoms with van der Waals surface area (Å²) in [6.07, 6.45) is 1.24. The monoisotopic (exact) mass is 457 g/mol. The number of nitrogens with zero attached hydrogens (tertiary/aromatic N) is 3. The Morgan fingerprint density at radius 1 is 0.848 bits per heavy atom. The lowest BCUT2D eigenvalue weighted by Crippen LogP contribution is -2.41. The molecule has 7 nitrogen and oxygen atoms in total. The minimum absolute atomic E-state index is 0.155. The average molecular weight is 458 g/mol. The maximum Gasteiger partial charge on any atom is 0.270 e. The number of non-ortho nitro benzene ring substituents is 1. The third-order valence-electron chi connectivity index (χ3n) is 6.93. The molecule has 4 aliphatic rings. The van der Waals surface area contributed by atoms with Crippen molar-refractivity contribution < 1.29 is 14.5 Å². The Morgan fingerprint density at radius 2 is 1.33 bits per heavy atom. The molecule has 2 atom stereocenters. The summed E-state index contributed by atoms with van der Waals surface area (Å²) < 4.78 is 0. The number of imide groups is 1. The summed E-state index contributed by atoms with van der Waals surface area (Å²) >= 11 is 6.16. The molecule has 162 valence electrons. The Balaban J connectivity index is 1.43. The molecule has 7 rings (SSSR count). The zero-order chi connectivity index (χ0) is 22.9. The first kappa shape index (κ1) is 19.8. The fourth-order valence-corrected chi connectivity index (χ4v) is 5.81. The lowest BCUT2D eigenvalue weighted by Gasteiger charge is -2.45. The molecule has 0 aromatic heterocycles. The molecule has 2 amide bonds. The molecule has 2 unspecified atom stereocenters. The van der Waals surface area contributed by atoms with Crippen molar-refractivity contribution in [2.24, 2.45) is 16.9 Å². The molecule has 1 aliphatic heterocycles. The number of hydrogen-bond acceptors (Lipinski definition) is 5. The normalized spacial score (nSPS) is 24.7. The Morgan fingerprint density at radius 3 is 1.79 bits per heavy atom. The van der Waals surface area contributed by atoms with Crippen molar-refractivity contribution in [2.45, 2.75) is 11.8 Å². The lowest BCUT2D eigenvalue weighted by atomic mass is 9.55. The summed E-state index contributed by atoms with van der Waals surface area (Å²) in [6.45, 7) is 0. The van der Waals surface area contributed by atoms with E-state index < -0.39 is 16.8 Å². The van der Waals surface area contributed by atoms with Gasteiger partial charge in [0.05, 0.1) is 23.0 Å². The lowest BCUT2D eigenvalue weighted by molar-refractivity contribution is -0.384. The number of carbonyl (C=O) groups excluding carboxylic acids is 2. The summed E-state index contributed by atoms with van der Waals surface area (Å²) in [7, 11) is 0. The van der Waals surface area contributed by atoms with E-state index in [-0.39, 0.29) is 39.9 Å². The van der Waals surface area contributed by atoms with Crippen molar-refractivity contribution in [1.82, 2.24) is 5.01 Å². The van der Waals surface area contributed by atoms with Crippen molar-refractivity contribution in [3.05, 3.63) is 110 Å². The second-order valence-corrected chi connectivity index (χ2v) is 8.87. The number of benzene rings is 3. The van der Waals surface area contributed by atoms with Gasteiger partial charge in [-0.1, -0.05) is 60.1 Å². The largest absolute Gasteiger partial charge is 0.272 e. The van der Waals surface area contributed by atoms with Gasteiger partial charge in [-0.2, -0.15) is 10.1 Å². The highest BCUT2D eigenvalue weighted by Gasteiger charge is 2.61. The van der Waals surface area contributed by atoms with Crippen molar-refractivity contribution >= 4 is 35.3 Å². The standard InChI is InChI=1S/C25H16ClN3O4/c26-19-10-9-14(29(32)33)11-13(19)12-27-28-24(30)22-20-15-5-1-2-6-16(15)21(23(22)25(28)31)18-8-4-3-7-17(18)20/h1-12,20-23H/b27-12+. The molecule has 1 fully saturated rings. The number of nitro benzene ring substituents is 1. The van der Waals surface area contributed by atoms with Crippen molar-refractivity contribution in [3.8, 4) is 0 Å². The molecular weight excluding hydrogens is 442 g/mol. The Bertz CT molecular complexity index is 1290. The van der Waals surface area contributed by atoms with E-state index in [4.69, 9.17) is 11.6 Å². The van der Waals surface area contributed by atoms with Crippen LogP contribution in [0.2, 0.25) is 5.02 Å². The summed E-state index contributed by atoms with van der Waals surface area (Å²) in [4.78, 5) is 37.5. The number of hydrazone groups is 1. The molecule has 1 saturated heterocycles. The van der Waals surface area contributed by atoms with Crippen molar-refractivity contribution in [3.63, 3.8) is 0 Å². The van der Waals surface area contributed by atoms with Gasteiger partial charge in [0.15, 0.2) is 0 Å². The van der Waals surface area contributed by atoms with Gasteiger partial charge < -0.3 is 0 Å². The van der Waals surface area contributed by atoms with E-state index in [0.717, 1.165) is 27.3 Å². The van der Waals surface area contributed by atoms with Gasteiger partial charge in [-0.3, -0.25) is 19.7 Å². The third-order valence-corrected chi connectivity index (χ3v) is 7.27. The Kier molecular flexibility index (Phi) is 4.25. The molecule has 0 radical (unpaired) electrons. The van der Waals surface area contributed by atoms with E-state index in [2.05, 4.69) is 5.10 Å². The van der Waals surface area contributed by atoms with Gasteiger partial charge >= 0.3 is 0 Å². The van der Waals surface area contributed by atoms with E-state index in [1.54, 1.807) is 0 Å². The van der Waals surface area contributed by atoms with Crippen LogP contribution in [0.1, 0.15) is 39.7 Å². The van der Waals surface area contributed by atoms with Crippen LogP contribution in [-0.2, 0) is 9.59 Å². The van der Waals surface area contributed by atoms with Gasteiger partial charge in [0.25, 0.3) is 17.5 Å². The minimum Gasteiger partial charge on any atom is -0.272 e. The van der Waals surface area contributed by atoms with Crippen LogP contribution in [0.25, 0.3) is 0 Å². The van der Waals surface area contributed by atoms with E-state index in [1.165, 1.54) is 24.4 Å². The summed E-state index contributed by atoms with van der Waals surface area (Å²) in [5, 5.41) is 16.4. The van der Waals surface area contributed by atoms with Gasteiger partial charge in [-0.15, -0.1) is 0 Å². The van der Waals surface area contributed by atoms with Gasteiger partial charge in [0.2, 0.25) is 0 Å². The Hall–Kier alpha value is -3.84. The predicted octanol–water partition coefficient (Wildman–Crippen LogP) is 4.47. The second kappa shape index (κ2) is 7.08. The molecular formula is C25H16ClN3O4. The number of halogens is 1. The van der Waals surface area contributed by atoms with E-state index in [0.29, 0.717) is 0 Å². The number of nitro groups is 1. The number of carbonyl (C=O) groups is 2. The van der Waals surface area contributed by atoms with E-state index in [1.807, 2.05) is 48.5 Å². The maximum absolute atomic E-state index is 13.5. The zero-order valence-corrected chi connectivity index (χ0v) is 17.8. The topological polar surface area (TPSA) is 92.9 Å².